The smallest absolute Gasteiger partial charge is 0.122 e. The Hall–Kier alpha value is -1.53. The number of methoxy groups -OCH3 is 1. The summed E-state index contributed by atoms with van der Waals surface area (Å²) >= 11 is 0. The lowest BCUT2D eigenvalue weighted by atomic mass is 9.91. The van der Waals surface area contributed by atoms with Crippen LogP contribution in [-0.4, -0.2) is 31.6 Å². The first-order valence-corrected chi connectivity index (χ1v) is 6.54. The van der Waals surface area contributed by atoms with Crippen LogP contribution < -0.4 is 4.74 Å². The van der Waals surface area contributed by atoms with Gasteiger partial charge in [-0.2, -0.15) is 5.26 Å². The van der Waals surface area contributed by atoms with Crippen molar-refractivity contribution in [2.45, 2.75) is 19.3 Å². The Balaban J connectivity index is 1.98. The van der Waals surface area contributed by atoms with Gasteiger partial charge >= 0.3 is 0 Å². The molecule has 1 aromatic rings. The zero-order chi connectivity index (χ0) is 12.8. The van der Waals surface area contributed by atoms with Gasteiger partial charge in [0, 0.05) is 6.54 Å². The molecule has 0 unspecified atom stereocenters. The molecule has 3 nitrogen and oxygen atoms in total. The maximum atomic E-state index is 8.77. The first-order chi connectivity index (χ1) is 8.83. The van der Waals surface area contributed by atoms with E-state index in [1.165, 1.54) is 18.4 Å². The molecule has 1 fully saturated rings. The lowest BCUT2D eigenvalue weighted by Gasteiger charge is -2.31. The monoisotopic (exact) mass is 244 g/mol. The second kappa shape index (κ2) is 6.42. The molecule has 0 aromatic heterocycles. The van der Waals surface area contributed by atoms with Gasteiger partial charge in [0.2, 0.25) is 0 Å². The van der Waals surface area contributed by atoms with Crippen molar-refractivity contribution < 1.29 is 4.74 Å². The predicted molar refractivity (Wildman–Crippen MR) is 71.5 cm³/mol. The third-order valence-electron chi connectivity index (χ3n) is 3.60. The highest BCUT2D eigenvalue weighted by atomic mass is 16.5. The number of likely N-dealkylation sites (tertiary alicyclic amines) is 1. The Morgan fingerprint density at radius 2 is 2.28 bits per heavy atom. The minimum absolute atomic E-state index is 0.558. The first kappa shape index (κ1) is 12.9. The predicted octanol–water partition coefficient (Wildman–Crippen LogP) is 2.47. The summed E-state index contributed by atoms with van der Waals surface area (Å²) in [7, 11) is 1.72. The van der Waals surface area contributed by atoms with E-state index in [-0.39, 0.29) is 0 Å². The van der Waals surface area contributed by atoms with Crippen LogP contribution in [0.4, 0.5) is 0 Å². The summed E-state index contributed by atoms with van der Waals surface area (Å²) in [5.41, 5.74) is 1.28. The molecule has 18 heavy (non-hydrogen) atoms. The standard InChI is InChI=1S/C15H20N2O/c1-18-15-7-3-2-6-14(15)11-13-5-4-9-17(12-13)10-8-16/h2-3,6-7,13H,4-5,9-12H2,1H3/t13-/m1/s1. The molecule has 0 aliphatic carbocycles. The number of nitriles is 1. The number of para-hydroxylation sites is 1. The maximum Gasteiger partial charge on any atom is 0.122 e. The highest BCUT2D eigenvalue weighted by molar-refractivity contribution is 5.33. The quantitative estimate of drug-likeness (QED) is 0.763. The Morgan fingerprint density at radius 1 is 1.44 bits per heavy atom. The van der Waals surface area contributed by atoms with Crippen molar-refractivity contribution in [2.24, 2.45) is 5.92 Å². The molecular weight excluding hydrogens is 224 g/mol. The molecule has 0 N–H and O–H groups in total. The highest BCUT2D eigenvalue weighted by Gasteiger charge is 2.20. The largest absolute Gasteiger partial charge is 0.496 e. The van der Waals surface area contributed by atoms with E-state index in [0.717, 1.165) is 25.3 Å². The minimum atomic E-state index is 0.558. The summed E-state index contributed by atoms with van der Waals surface area (Å²) in [5, 5.41) is 8.77. The van der Waals surface area contributed by atoms with Gasteiger partial charge in [0.25, 0.3) is 0 Å². The molecular formula is C15H20N2O. The second-order valence-electron chi connectivity index (χ2n) is 4.92. The molecule has 0 radical (unpaired) electrons. The third-order valence-corrected chi connectivity index (χ3v) is 3.60. The van der Waals surface area contributed by atoms with Gasteiger partial charge in [-0.25, -0.2) is 0 Å². The fourth-order valence-corrected chi connectivity index (χ4v) is 2.74. The lowest BCUT2D eigenvalue weighted by molar-refractivity contribution is 0.191. The number of nitrogens with zero attached hydrogens (tertiary/aromatic N) is 2. The average Bonchev–Trinajstić information content (AvgIpc) is 2.40. The van der Waals surface area contributed by atoms with E-state index >= 15 is 0 Å². The molecule has 1 aliphatic heterocycles. The van der Waals surface area contributed by atoms with E-state index < -0.39 is 0 Å². The lowest BCUT2D eigenvalue weighted by Crippen LogP contribution is -2.36. The van der Waals surface area contributed by atoms with Crippen LogP contribution in [0.25, 0.3) is 0 Å². The number of hydrogen-bond acceptors (Lipinski definition) is 3. The van der Waals surface area contributed by atoms with Crippen molar-refractivity contribution in [2.75, 3.05) is 26.7 Å². The van der Waals surface area contributed by atoms with Crippen molar-refractivity contribution in [3.63, 3.8) is 0 Å². The summed E-state index contributed by atoms with van der Waals surface area (Å²) in [6.45, 7) is 2.66. The van der Waals surface area contributed by atoms with Crippen LogP contribution in [-0.2, 0) is 6.42 Å². The molecule has 0 amide bonds. The molecule has 0 bridgehead atoms. The van der Waals surface area contributed by atoms with Crippen molar-refractivity contribution in [1.82, 2.24) is 4.90 Å². The molecule has 1 aromatic carbocycles. The maximum absolute atomic E-state index is 8.77. The fourth-order valence-electron chi connectivity index (χ4n) is 2.74. The molecule has 1 heterocycles. The van der Waals surface area contributed by atoms with E-state index in [2.05, 4.69) is 23.1 Å². The van der Waals surface area contributed by atoms with Gasteiger partial charge in [-0.05, 0) is 43.4 Å². The van der Waals surface area contributed by atoms with Gasteiger partial charge < -0.3 is 4.74 Å². The van der Waals surface area contributed by atoms with Crippen LogP contribution >= 0.6 is 0 Å². The van der Waals surface area contributed by atoms with E-state index in [1.54, 1.807) is 7.11 Å². The molecule has 1 aliphatic rings. The number of rotatable bonds is 4. The Bertz CT molecular complexity index is 425. The Labute approximate surface area is 109 Å². The summed E-state index contributed by atoms with van der Waals surface area (Å²) in [6, 6.07) is 10.5. The van der Waals surface area contributed by atoms with Crippen LogP contribution in [0.15, 0.2) is 24.3 Å². The number of piperidine rings is 1. The van der Waals surface area contributed by atoms with Gasteiger partial charge in [-0.1, -0.05) is 18.2 Å². The van der Waals surface area contributed by atoms with Crippen LogP contribution in [0.1, 0.15) is 18.4 Å². The average molecular weight is 244 g/mol. The normalized spacial score (nSPS) is 20.3. The SMILES string of the molecule is COc1ccccc1C[C@H]1CCCN(CC#N)C1. The van der Waals surface area contributed by atoms with Crippen molar-refractivity contribution in [3.05, 3.63) is 29.8 Å². The summed E-state index contributed by atoms with van der Waals surface area (Å²) in [6.07, 6.45) is 3.49. The summed E-state index contributed by atoms with van der Waals surface area (Å²) in [5.74, 6) is 1.62. The number of ether oxygens (including phenoxy) is 1. The molecule has 1 atom stereocenters. The minimum Gasteiger partial charge on any atom is -0.496 e. The third kappa shape index (κ3) is 3.24. The van der Waals surface area contributed by atoms with Crippen molar-refractivity contribution in [3.8, 4) is 11.8 Å². The van der Waals surface area contributed by atoms with Gasteiger partial charge in [0.05, 0.1) is 19.7 Å². The van der Waals surface area contributed by atoms with Gasteiger partial charge in [0.1, 0.15) is 5.75 Å². The van der Waals surface area contributed by atoms with E-state index in [9.17, 15) is 0 Å². The van der Waals surface area contributed by atoms with Gasteiger partial charge in [-0.15, -0.1) is 0 Å². The fraction of sp³-hybridized carbons (Fsp3) is 0.533. The van der Waals surface area contributed by atoms with Crippen LogP contribution in [0.5, 0.6) is 5.75 Å². The Morgan fingerprint density at radius 3 is 3.06 bits per heavy atom. The zero-order valence-electron chi connectivity index (χ0n) is 10.9. The number of hydrogen-bond donors (Lipinski definition) is 0. The van der Waals surface area contributed by atoms with Crippen molar-refractivity contribution in [1.29, 1.82) is 5.26 Å². The first-order valence-electron chi connectivity index (χ1n) is 6.54. The molecule has 3 heteroatoms. The zero-order valence-corrected chi connectivity index (χ0v) is 10.9. The molecule has 0 spiro atoms. The second-order valence-corrected chi connectivity index (χ2v) is 4.92. The molecule has 2 rings (SSSR count). The van der Waals surface area contributed by atoms with E-state index in [4.69, 9.17) is 10.00 Å². The van der Waals surface area contributed by atoms with Crippen LogP contribution in [0.2, 0.25) is 0 Å². The molecule has 0 saturated carbocycles. The topological polar surface area (TPSA) is 36.3 Å². The van der Waals surface area contributed by atoms with Crippen LogP contribution in [0, 0.1) is 17.2 Å². The molecule has 1 saturated heterocycles. The van der Waals surface area contributed by atoms with Gasteiger partial charge in [-0.3, -0.25) is 4.90 Å². The highest BCUT2D eigenvalue weighted by Crippen LogP contribution is 2.25. The van der Waals surface area contributed by atoms with Crippen molar-refractivity contribution >= 4 is 0 Å². The van der Waals surface area contributed by atoms with Gasteiger partial charge in [0.15, 0.2) is 0 Å². The van der Waals surface area contributed by atoms with E-state index in [1.807, 2.05) is 12.1 Å². The Kier molecular flexibility index (Phi) is 4.60. The van der Waals surface area contributed by atoms with E-state index in [0.29, 0.717) is 12.5 Å². The van der Waals surface area contributed by atoms with Crippen LogP contribution in [0.3, 0.4) is 0 Å². The molecule has 96 valence electrons. The summed E-state index contributed by atoms with van der Waals surface area (Å²) < 4.78 is 5.40. The number of benzene rings is 1. The summed E-state index contributed by atoms with van der Waals surface area (Å²) in [4.78, 5) is 2.25.